The summed E-state index contributed by atoms with van der Waals surface area (Å²) in [5.41, 5.74) is 1.59. The number of aliphatic hydroxyl groups is 1. The van der Waals surface area contributed by atoms with E-state index in [4.69, 9.17) is 4.74 Å². The Morgan fingerprint density at radius 3 is 2.52 bits per heavy atom. The first-order valence-electron chi connectivity index (χ1n) is 7.53. The molecule has 1 unspecified atom stereocenters. The van der Waals surface area contributed by atoms with Crippen LogP contribution in [0.3, 0.4) is 0 Å². The maximum absolute atomic E-state index is 12.8. The molecule has 0 saturated heterocycles. The molecule has 122 valence electrons. The fourth-order valence-corrected chi connectivity index (χ4v) is 2.11. The van der Waals surface area contributed by atoms with Crippen molar-refractivity contribution >= 4 is 6.09 Å². The van der Waals surface area contributed by atoms with Crippen LogP contribution < -0.4 is 5.32 Å². The predicted molar refractivity (Wildman–Crippen MR) is 85.2 cm³/mol. The maximum atomic E-state index is 12.8. The van der Waals surface area contributed by atoms with Crippen LogP contribution in [0.2, 0.25) is 0 Å². The van der Waals surface area contributed by atoms with Crippen molar-refractivity contribution in [1.29, 1.82) is 0 Å². The molecule has 0 aliphatic rings. The molecule has 0 spiro atoms. The molecule has 0 aliphatic carbocycles. The first-order valence-corrected chi connectivity index (χ1v) is 7.53. The van der Waals surface area contributed by atoms with Gasteiger partial charge >= 0.3 is 6.09 Å². The van der Waals surface area contributed by atoms with Gasteiger partial charge in [-0.25, -0.2) is 9.18 Å². The summed E-state index contributed by atoms with van der Waals surface area (Å²) in [4.78, 5) is 11.5. The molecule has 0 radical (unpaired) electrons. The van der Waals surface area contributed by atoms with Gasteiger partial charge in [0, 0.05) is 6.54 Å². The average molecular weight is 317 g/mol. The maximum Gasteiger partial charge on any atom is 0.407 e. The zero-order valence-electron chi connectivity index (χ0n) is 12.7. The minimum atomic E-state index is -0.669. The van der Waals surface area contributed by atoms with E-state index in [0.29, 0.717) is 24.9 Å². The molecule has 0 saturated carbocycles. The lowest BCUT2D eigenvalue weighted by Gasteiger charge is -2.11. The van der Waals surface area contributed by atoms with Crippen LogP contribution in [0.25, 0.3) is 0 Å². The second-order valence-corrected chi connectivity index (χ2v) is 5.20. The summed E-state index contributed by atoms with van der Waals surface area (Å²) in [5, 5.41) is 12.6. The monoisotopic (exact) mass is 317 g/mol. The molecule has 2 aromatic rings. The summed E-state index contributed by atoms with van der Waals surface area (Å²) in [6, 6.07) is 15.2. The fraction of sp³-hybridized carbons (Fsp3) is 0.278. The van der Waals surface area contributed by atoms with Gasteiger partial charge in [-0.3, -0.25) is 0 Å². The fourth-order valence-electron chi connectivity index (χ4n) is 2.11. The highest BCUT2D eigenvalue weighted by atomic mass is 19.1. The van der Waals surface area contributed by atoms with Crippen LogP contribution in [-0.4, -0.2) is 17.7 Å². The van der Waals surface area contributed by atoms with Gasteiger partial charge in [-0.2, -0.15) is 0 Å². The number of hydrogen-bond donors (Lipinski definition) is 2. The van der Waals surface area contributed by atoms with Crippen molar-refractivity contribution in [3.05, 3.63) is 71.5 Å². The van der Waals surface area contributed by atoms with Gasteiger partial charge in [0.25, 0.3) is 0 Å². The number of hydrogen-bond acceptors (Lipinski definition) is 3. The SMILES string of the molecule is O=C(NCCCC(O)c1ccc(F)cc1)OCc1ccccc1. The van der Waals surface area contributed by atoms with E-state index in [-0.39, 0.29) is 12.4 Å². The smallest absolute Gasteiger partial charge is 0.407 e. The van der Waals surface area contributed by atoms with Gasteiger partial charge in [-0.15, -0.1) is 0 Å². The molecule has 23 heavy (non-hydrogen) atoms. The largest absolute Gasteiger partial charge is 0.445 e. The lowest BCUT2D eigenvalue weighted by atomic mass is 10.1. The molecule has 0 aromatic heterocycles. The number of benzene rings is 2. The Kier molecular flexibility index (Phi) is 6.56. The Hall–Kier alpha value is -2.40. The van der Waals surface area contributed by atoms with Crippen LogP contribution in [0, 0.1) is 5.82 Å². The van der Waals surface area contributed by atoms with Crippen molar-refractivity contribution in [3.8, 4) is 0 Å². The normalized spacial score (nSPS) is 11.7. The standard InChI is InChI=1S/C18H20FNO3/c19-16-10-8-15(9-11-16)17(21)7-4-12-20-18(22)23-13-14-5-2-1-3-6-14/h1-3,5-6,8-11,17,21H,4,7,12-13H2,(H,20,22). The highest BCUT2D eigenvalue weighted by Gasteiger charge is 2.08. The number of rotatable bonds is 7. The number of aliphatic hydroxyl groups excluding tert-OH is 1. The van der Waals surface area contributed by atoms with Crippen LogP contribution in [0.1, 0.15) is 30.1 Å². The number of ether oxygens (including phenoxy) is 1. The minimum absolute atomic E-state index is 0.227. The van der Waals surface area contributed by atoms with E-state index in [1.54, 1.807) is 12.1 Å². The molecule has 2 aromatic carbocycles. The third-order valence-electron chi connectivity index (χ3n) is 3.39. The van der Waals surface area contributed by atoms with E-state index in [1.807, 2.05) is 30.3 Å². The van der Waals surface area contributed by atoms with E-state index in [0.717, 1.165) is 5.56 Å². The molecule has 0 aliphatic heterocycles. The second kappa shape index (κ2) is 8.90. The van der Waals surface area contributed by atoms with E-state index >= 15 is 0 Å². The summed E-state index contributed by atoms with van der Waals surface area (Å²) >= 11 is 0. The molecule has 0 heterocycles. The number of nitrogens with one attached hydrogen (secondary N) is 1. The average Bonchev–Trinajstić information content (AvgIpc) is 2.58. The summed E-state index contributed by atoms with van der Waals surface area (Å²) in [7, 11) is 0. The highest BCUT2D eigenvalue weighted by Crippen LogP contribution is 2.18. The van der Waals surface area contributed by atoms with Crippen molar-refractivity contribution in [2.45, 2.75) is 25.6 Å². The predicted octanol–water partition coefficient (Wildman–Crippen LogP) is 3.57. The zero-order valence-corrected chi connectivity index (χ0v) is 12.7. The molecule has 2 N–H and O–H groups in total. The number of amides is 1. The van der Waals surface area contributed by atoms with Gasteiger partial charge in [-0.05, 0) is 36.1 Å². The molecule has 1 atom stereocenters. The molecule has 1 amide bonds. The summed E-state index contributed by atoms with van der Waals surface area (Å²) in [6.07, 6.45) is -0.0771. The highest BCUT2D eigenvalue weighted by molar-refractivity contribution is 5.67. The van der Waals surface area contributed by atoms with E-state index in [2.05, 4.69) is 5.32 Å². The first-order chi connectivity index (χ1) is 11.1. The topological polar surface area (TPSA) is 58.6 Å². The van der Waals surface area contributed by atoms with Gasteiger partial charge in [-0.1, -0.05) is 42.5 Å². The van der Waals surface area contributed by atoms with Gasteiger partial charge in [0.2, 0.25) is 0 Å². The lowest BCUT2D eigenvalue weighted by molar-refractivity contribution is 0.137. The van der Waals surface area contributed by atoms with Crippen LogP contribution in [0.15, 0.2) is 54.6 Å². The second-order valence-electron chi connectivity index (χ2n) is 5.20. The molecular formula is C18H20FNO3. The Balaban J connectivity index is 1.61. The first kappa shape index (κ1) is 17.0. The van der Waals surface area contributed by atoms with Gasteiger partial charge < -0.3 is 15.2 Å². The summed E-state index contributed by atoms with van der Waals surface area (Å²) in [5.74, 6) is -0.330. The van der Waals surface area contributed by atoms with Crippen molar-refractivity contribution in [1.82, 2.24) is 5.32 Å². The van der Waals surface area contributed by atoms with Crippen molar-refractivity contribution in [2.75, 3.05) is 6.54 Å². The van der Waals surface area contributed by atoms with Gasteiger partial charge in [0.15, 0.2) is 0 Å². The third kappa shape index (κ3) is 6.08. The number of alkyl carbamates (subject to hydrolysis) is 1. The quantitative estimate of drug-likeness (QED) is 0.768. The Bertz CT molecular complexity index is 601. The number of carbonyl (C=O) groups excluding carboxylic acids is 1. The molecule has 0 bridgehead atoms. The molecule has 5 heteroatoms. The lowest BCUT2D eigenvalue weighted by Crippen LogP contribution is -2.25. The van der Waals surface area contributed by atoms with E-state index in [1.165, 1.54) is 12.1 Å². The number of halogens is 1. The van der Waals surface area contributed by atoms with E-state index in [9.17, 15) is 14.3 Å². The summed E-state index contributed by atoms with van der Waals surface area (Å²) < 4.78 is 17.9. The van der Waals surface area contributed by atoms with Crippen LogP contribution in [0.4, 0.5) is 9.18 Å². The Morgan fingerprint density at radius 1 is 1.13 bits per heavy atom. The Labute approximate surface area is 134 Å². The van der Waals surface area contributed by atoms with Crippen LogP contribution in [0.5, 0.6) is 0 Å². The van der Waals surface area contributed by atoms with Gasteiger partial charge in [0.05, 0.1) is 6.10 Å². The molecular weight excluding hydrogens is 297 g/mol. The molecule has 0 fully saturated rings. The van der Waals surface area contributed by atoms with Gasteiger partial charge in [0.1, 0.15) is 12.4 Å². The van der Waals surface area contributed by atoms with Crippen molar-refractivity contribution < 1.29 is 19.0 Å². The molecule has 2 rings (SSSR count). The number of carbonyl (C=O) groups is 1. The molecule has 4 nitrogen and oxygen atoms in total. The van der Waals surface area contributed by atoms with Crippen LogP contribution >= 0.6 is 0 Å². The van der Waals surface area contributed by atoms with Crippen LogP contribution in [-0.2, 0) is 11.3 Å². The van der Waals surface area contributed by atoms with E-state index < -0.39 is 12.2 Å². The Morgan fingerprint density at radius 2 is 1.83 bits per heavy atom. The third-order valence-corrected chi connectivity index (χ3v) is 3.39. The minimum Gasteiger partial charge on any atom is -0.445 e. The summed E-state index contributed by atoms with van der Waals surface area (Å²) in [6.45, 7) is 0.636. The zero-order chi connectivity index (χ0) is 16.5. The van der Waals surface area contributed by atoms with Crippen molar-refractivity contribution in [3.63, 3.8) is 0 Å². The van der Waals surface area contributed by atoms with Crippen molar-refractivity contribution in [2.24, 2.45) is 0 Å².